The predicted octanol–water partition coefficient (Wildman–Crippen LogP) is 2.83. The van der Waals surface area contributed by atoms with Gasteiger partial charge in [-0.05, 0) is 17.9 Å². The van der Waals surface area contributed by atoms with Crippen LogP contribution in [0.4, 0.5) is 4.79 Å². The summed E-state index contributed by atoms with van der Waals surface area (Å²) in [5, 5.41) is 5.79. The van der Waals surface area contributed by atoms with Gasteiger partial charge in [0.25, 0.3) is 0 Å². The first-order valence-electron chi connectivity index (χ1n) is 6.31. The summed E-state index contributed by atoms with van der Waals surface area (Å²) < 4.78 is 0. The van der Waals surface area contributed by atoms with Gasteiger partial charge in [-0.25, -0.2) is 4.79 Å². The standard InChI is InChI=1S/C14H22N2OS/c1-11(2)8-13(10-18)16-14(17)15-9-12-6-4-3-5-7-12/h3-7,11,13,18H,8-10H2,1-2H3,(H2,15,16,17). The zero-order valence-electron chi connectivity index (χ0n) is 11.0. The minimum Gasteiger partial charge on any atom is -0.335 e. The van der Waals surface area contributed by atoms with Crippen molar-refractivity contribution >= 4 is 18.7 Å². The van der Waals surface area contributed by atoms with Crippen molar-refractivity contribution < 1.29 is 4.79 Å². The molecule has 1 unspecified atom stereocenters. The van der Waals surface area contributed by atoms with Crippen LogP contribution in [0.2, 0.25) is 0 Å². The molecule has 2 amide bonds. The summed E-state index contributed by atoms with van der Waals surface area (Å²) in [5.41, 5.74) is 1.10. The third-order valence-corrected chi connectivity index (χ3v) is 3.05. The van der Waals surface area contributed by atoms with Crippen LogP contribution >= 0.6 is 12.6 Å². The van der Waals surface area contributed by atoms with E-state index in [-0.39, 0.29) is 12.1 Å². The summed E-state index contributed by atoms with van der Waals surface area (Å²) in [4.78, 5) is 11.7. The Bertz CT molecular complexity index is 354. The lowest BCUT2D eigenvalue weighted by Gasteiger charge is -2.18. The predicted molar refractivity (Wildman–Crippen MR) is 78.9 cm³/mol. The van der Waals surface area contributed by atoms with E-state index in [9.17, 15) is 4.79 Å². The summed E-state index contributed by atoms with van der Waals surface area (Å²) >= 11 is 4.26. The van der Waals surface area contributed by atoms with Crippen LogP contribution in [0.3, 0.4) is 0 Å². The molecule has 3 nitrogen and oxygen atoms in total. The zero-order valence-corrected chi connectivity index (χ0v) is 11.9. The molecule has 0 saturated heterocycles. The number of hydrogen-bond donors (Lipinski definition) is 3. The monoisotopic (exact) mass is 266 g/mol. The largest absolute Gasteiger partial charge is 0.335 e. The van der Waals surface area contributed by atoms with Crippen molar-refractivity contribution in [3.8, 4) is 0 Å². The highest BCUT2D eigenvalue weighted by atomic mass is 32.1. The highest BCUT2D eigenvalue weighted by molar-refractivity contribution is 7.80. The van der Waals surface area contributed by atoms with Crippen LogP contribution in [0, 0.1) is 5.92 Å². The molecule has 0 fully saturated rings. The molecule has 1 aromatic rings. The summed E-state index contributed by atoms with van der Waals surface area (Å²) in [6.07, 6.45) is 0.947. The van der Waals surface area contributed by atoms with Crippen molar-refractivity contribution in [1.29, 1.82) is 0 Å². The molecule has 0 radical (unpaired) electrons. The van der Waals surface area contributed by atoms with Crippen LogP contribution in [0.15, 0.2) is 30.3 Å². The fraction of sp³-hybridized carbons (Fsp3) is 0.500. The van der Waals surface area contributed by atoms with E-state index in [1.807, 2.05) is 30.3 Å². The first kappa shape index (κ1) is 14.9. The van der Waals surface area contributed by atoms with Crippen LogP contribution < -0.4 is 10.6 Å². The zero-order chi connectivity index (χ0) is 13.4. The minimum atomic E-state index is -0.126. The molecule has 4 heteroatoms. The van der Waals surface area contributed by atoms with Crippen molar-refractivity contribution in [1.82, 2.24) is 10.6 Å². The van der Waals surface area contributed by atoms with Gasteiger partial charge in [-0.2, -0.15) is 12.6 Å². The maximum Gasteiger partial charge on any atom is 0.315 e. The van der Waals surface area contributed by atoms with E-state index in [4.69, 9.17) is 0 Å². The van der Waals surface area contributed by atoms with Crippen LogP contribution in [-0.4, -0.2) is 17.8 Å². The normalized spacial score (nSPS) is 12.2. The van der Waals surface area contributed by atoms with Gasteiger partial charge < -0.3 is 10.6 Å². The average molecular weight is 266 g/mol. The van der Waals surface area contributed by atoms with Gasteiger partial charge in [-0.3, -0.25) is 0 Å². The minimum absolute atomic E-state index is 0.126. The van der Waals surface area contributed by atoms with Crippen LogP contribution in [0.5, 0.6) is 0 Å². The van der Waals surface area contributed by atoms with Crippen LogP contribution in [0.1, 0.15) is 25.8 Å². The molecule has 0 aliphatic rings. The lowest BCUT2D eigenvalue weighted by molar-refractivity contribution is 0.236. The topological polar surface area (TPSA) is 41.1 Å². The number of hydrogen-bond acceptors (Lipinski definition) is 2. The number of nitrogens with one attached hydrogen (secondary N) is 2. The van der Waals surface area contributed by atoms with Gasteiger partial charge in [-0.15, -0.1) is 0 Å². The molecule has 1 aromatic carbocycles. The Labute approximate surface area is 115 Å². The Morgan fingerprint density at radius 1 is 1.28 bits per heavy atom. The number of urea groups is 1. The molecule has 0 aliphatic heterocycles. The molecular weight excluding hydrogens is 244 g/mol. The van der Waals surface area contributed by atoms with Gasteiger partial charge in [0.05, 0.1) is 0 Å². The van der Waals surface area contributed by atoms with E-state index in [0.717, 1.165) is 12.0 Å². The first-order valence-corrected chi connectivity index (χ1v) is 6.94. The van der Waals surface area contributed by atoms with E-state index in [1.165, 1.54) is 0 Å². The summed E-state index contributed by atoms with van der Waals surface area (Å²) in [6, 6.07) is 9.87. The molecule has 2 N–H and O–H groups in total. The molecule has 100 valence electrons. The maximum absolute atomic E-state index is 11.7. The maximum atomic E-state index is 11.7. The number of carbonyl (C=O) groups is 1. The average Bonchev–Trinajstić information content (AvgIpc) is 2.36. The molecule has 1 rings (SSSR count). The van der Waals surface area contributed by atoms with Gasteiger partial charge in [0.1, 0.15) is 0 Å². The highest BCUT2D eigenvalue weighted by Crippen LogP contribution is 2.05. The number of benzene rings is 1. The Morgan fingerprint density at radius 2 is 1.94 bits per heavy atom. The molecule has 0 spiro atoms. The fourth-order valence-corrected chi connectivity index (χ4v) is 2.00. The lowest BCUT2D eigenvalue weighted by atomic mass is 10.1. The second kappa shape index (κ2) is 8.03. The van der Waals surface area contributed by atoms with Crippen molar-refractivity contribution in [2.75, 3.05) is 5.75 Å². The van der Waals surface area contributed by atoms with Crippen molar-refractivity contribution in [2.24, 2.45) is 5.92 Å². The van der Waals surface area contributed by atoms with E-state index >= 15 is 0 Å². The molecule has 0 bridgehead atoms. The molecule has 0 heterocycles. The smallest absolute Gasteiger partial charge is 0.315 e. The molecule has 0 aliphatic carbocycles. The lowest BCUT2D eigenvalue weighted by Crippen LogP contribution is -2.43. The van der Waals surface area contributed by atoms with E-state index in [2.05, 4.69) is 37.1 Å². The number of thiol groups is 1. The van der Waals surface area contributed by atoms with Gasteiger partial charge in [0.2, 0.25) is 0 Å². The number of amides is 2. The van der Waals surface area contributed by atoms with E-state index in [0.29, 0.717) is 18.2 Å². The van der Waals surface area contributed by atoms with Gasteiger partial charge in [0.15, 0.2) is 0 Å². The molecule has 1 atom stereocenters. The highest BCUT2D eigenvalue weighted by Gasteiger charge is 2.11. The fourth-order valence-electron chi connectivity index (χ4n) is 1.76. The summed E-state index contributed by atoms with van der Waals surface area (Å²) in [5.74, 6) is 1.22. The quantitative estimate of drug-likeness (QED) is 0.681. The van der Waals surface area contributed by atoms with Crippen LogP contribution in [-0.2, 0) is 6.54 Å². The SMILES string of the molecule is CC(C)CC(CS)NC(=O)NCc1ccccc1. The summed E-state index contributed by atoms with van der Waals surface area (Å²) in [7, 11) is 0. The van der Waals surface area contributed by atoms with Crippen molar-refractivity contribution in [2.45, 2.75) is 32.9 Å². The number of rotatable bonds is 6. The summed E-state index contributed by atoms with van der Waals surface area (Å²) in [6.45, 7) is 4.83. The van der Waals surface area contributed by atoms with Crippen molar-refractivity contribution in [3.63, 3.8) is 0 Å². The Balaban J connectivity index is 2.32. The second-order valence-corrected chi connectivity index (χ2v) is 5.19. The second-order valence-electron chi connectivity index (χ2n) is 4.82. The van der Waals surface area contributed by atoms with Gasteiger partial charge in [0, 0.05) is 18.3 Å². The Hall–Kier alpha value is -1.16. The Kier molecular flexibility index (Phi) is 6.65. The third kappa shape index (κ3) is 5.96. The van der Waals surface area contributed by atoms with E-state index < -0.39 is 0 Å². The molecule has 0 saturated carbocycles. The molecule has 0 aromatic heterocycles. The third-order valence-electron chi connectivity index (χ3n) is 2.61. The van der Waals surface area contributed by atoms with Gasteiger partial charge in [-0.1, -0.05) is 44.2 Å². The van der Waals surface area contributed by atoms with Crippen molar-refractivity contribution in [3.05, 3.63) is 35.9 Å². The Morgan fingerprint density at radius 3 is 2.50 bits per heavy atom. The number of carbonyl (C=O) groups excluding carboxylic acids is 1. The molecular formula is C14H22N2OS. The van der Waals surface area contributed by atoms with Gasteiger partial charge >= 0.3 is 6.03 Å². The van der Waals surface area contributed by atoms with Crippen LogP contribution in [0.25, 0.3) is 0 Å². The van der Waals surface area contributed by atoms with E-state index in [1.54, 1.807) is 0 Å². The first-order chi connectivity index (χ1) is 8.61. The molecule has 18 heavy (non-hydrogen) atoms.